The van der Waals surface area contributed by atoms with Gasteiger partial charge < -0.3 is 25.1 Å². The largest absolute Gasteiger partial charge is 0.456 e. The zero-order chi connectivity index (χ0) is 20.4. The summed E-state index contributed by atoms with van der Waals surface area (Å²) in [5.41, 5.74) is 5.70. The van der Waals surface area contributed by atoms with Crippen molar-refractivity contribution in [1.82, 2.24) is 14.5 Å². The summed E-state index contributed by atoms with van der Waals surface area (Å²) < 4.78 is 31.6. The highest BCUT2D eigenvalue weighted by Gasteiger charge is 2.50. The van der Waals surface area contributed by atoms with E-state index in [4.69, 9.17) is 22.7 Å². The topological polar surface area (TPSA) is 156 Å². The average molecular weight is 386 g/mol. The van der Waals surface area contributed by atoms with Crippen molar-refractivity contribution in [3.8, 4) is 0 Å². The molecule has 0 aromatic carbocycles. The zero-order valence-corrected chi connectivity index (χ0v) is 14.0. The molecule has 0 spiro atoms. The molecule has 1 aliphatic heterocycles. The Morgan fingerprint density at radius 3 is 2.77 bits per heavy atom. The highest BCUT2D eigenvalue weighted by atomic mass is 32.1. The van der Waals surface area contributed by atoms with Gasteiger partial charge in [-0.05, 0) is 0 Å². The number of hydrogen-bond donors (Lipinski definition) is 2. The molecule has 3 heterocycles. The van der Waals surface area contributed by atoms with E-state index in [9.17, 15) is 19.5 Å². The lowest BCUT2D eigenvalue weighted by molar-refractivity contribution is -0.165. The summed E-state index contributed by atoms with van der Waals surface area (Å²) in [5, 5.41) is 9.60. The van der Waals surface area contributed by atoms with Crippen molar-refractivity contribution in [2.45, 2.75) is 38.3 Å². The molecule has 1 unspecified atom stereocenters. The number of ether oxygens (including phenoxy) is 3. The predicted molar refractivity (Wildman–Crippen MR) is 88.2 cm³/mol. The van der Waals surface area contributed by atoms with Crippen molar-refractivity contribution in [2.75, 3.05) is 12.3 Å². The van der Waals surface area contributed by atoms with Gasteiger partial charge in [0.15, 0.2) is 24.1 Å². The second kappa shape index (κ2) is 6.97. The second-order valence-electron chi connectivity index (χ2n) is 5.31. The number of fused-ring (bicyclic) bond motifs is 1. The first kappa shape index (κ1) is 15.7. The van der Waals surface area contributed by atoms with Gasteiger partial charge in [-0.25, -0.2) is 4.98 Å². The van der Waals surface area contributed by atoms with Crippen molar-refractivity contribution < 1.29 is 31.6 Å². The minimum atomic E-state index is -1.35. The molecule has 1 saturated heterocycles. The Morgan fingerprint density at radius 2 is 2.12 bits per heavy atom. The molecular weight excluding hydrogens is 368 g/mol. The molecule has 3 rings (SSSR count). The SMILES string of the molecule is [2H]CC(=O)O[C@@H]1[C@@H](CO)OC(n2c(=O)sc3cnc(N)nc32)[C@@H]1OC(=O)C[2H]. The Labute approximate surface area is 153 Å². The van der Waals surface area contributed by atoms with Gasteiger partial charge in [0.05, 0.1) is 17.5 Å². The minimum Gasteiger partial charge on any atom is -0.456 e. The van der Waals surface area contributed by atoms with E-state index in [0.717, 1.165) is 15.9 Å². The van der Waals surface area contributed by atoms with Crippen LogP contribution in [0.3, 0.4) is 0 Å². The van der Waals surface area contributed by atoms with Crippen molar-refractivity contribution in [3.63, 3.8) is 0 Å². The summed E-state index contributed by atoms with van der Waals surface area (Å²) in [6.45, 7) is -2.04. The van der Waals surface area contributed by atoms with Crippen LogP contribution in [0.1, 0.15) is 22.8 Å². The number of aliphatic hydroxyl groups is 1. The van der Waals surface area contributed by atoms with E-state index in [-0.39, 0.29) is 11.6 Å². The summed E-state index contributed by atoms with van der Waals surface area (Å²) in [7, 11) is 0. The van der Waals surface area contributed by atoms with E-state index in [1.165, 1.54) is 6.20 Å². The lowest BCUT2D eigenvalue weighted by Gasteiger charge is -2.23. The Hall–Kier alpha value is -2.57. The van der Waals surface area contributed by atoms with Crippen LogP contribution in [-0.4, -0.2) is 56.5 Å². The molecule has 3 N–H and O–H groups in total. The third-order valence-corrected chi connectivity index (χ3v) is 4.51. The fraction of sp³-hybridized carbons (Fsp3) is 0.500. The number of thiazole rings is 1. The minimum absolute atomic E-state index is 0.104. The van der Waals surface area contributed by atoms with E-state index < -0.39 is 61.8 Å². The number of nitrogens with zero attached hydrogens (tertiary/aromatic N) is 3. The molecule has 2 aromatic heterocycles. The number of nitrogens with two attached hydrogens (primary N) is 1. The van der Waals surface area contributed by atoms with Gasteiger partial charge in [0.25, 0.3) is 0 Å². The maximum Gasteiger partial charge on any atom is 0.311 e. The molecule has 26 heavy (non-hydrogen) atoms. The van der Waals surface area contributed by atoms with Gasteiger partial charge in [0.2, 0.25) is 5.95 Å². The third kappa shape index (κ3) is 3.25. The third-order valence-electron chi connectivity index (χ3n) is 3.63. The molecule has 2 aromatic rings. The quantitative estimate of drug-likeness (QED) is 0.637. The molecule has 1 aliphatic rings. The van der Waals surface area contributed by atoms with Gasteiger partial charge in [-0.15, -0.1) is 0 Å². The number of aromatic nitrogens is 3. The molecular formula is C14H16N4O7S. The second-order valence-corrected chi connectivity index (χ2v) is 6.30. The summed E-state index contributed by atoms with van der Waals surface area (Å²) in [6.07, 6.45) is -3.72. The molecule has 0 amide bonds. The summed E-state index contributed by atoms with van der Waals surface area (Å²) in [4.78, 5) is 43.2. The lowest BCUT2D eigenvalue weighted by Crippen LogP contribution is -2.40. The summed E-state index contributed by atoms with van der Waals surface area (Å²) in [5.74, 6) is -1.99. The van der Waals surface area contributed by atoms with Crippen molar-refractivity contribution in [1.29, 1.82) is 0 Å². The van der Waals surface area contributed by atoms with E-state index >= 15 is 0 Å². The molecule has 11 nitrogen and oxygen atoms in total. The number of carbonyl (C=O) groups excluding carboxylic acids is 2. The first-order valence-corrected chi connectivity index (χ1v) is 8.08. The van der Waals surface area contributed by atoms with Gasteiger partial charge in [-0.2, -0.15) is 4.98 Å². The van der Waals surface area contributed by atoms with Crippen LogP contribution >= 0.6 is 11.3 Å². The Morgan fingerprint density at radius 1 is 1.42 bits per heavy atom. The fourth-order valence-corrected chi connectivity index (χ4v) is 3.53. The first-order chi connectivity index (χ1) is 13.4. The zero-order valence-electron chi connectivity index (χ0n) is 15.2. The Kier molecular flexibility index (Phi) is 4.20. The summed E-state index contributed by atoms with van der Waals surface area (Å²) in [6, 6.07) is 0. The van der Waals surface area contributed by atoms with Crippen LogP contribution in [0, 0.1) is 0 Å². The predicted octanol–water partition coefficient (Wildman–Crippen LogP) is -0.812. The normalized spacial score (nSPS) is 26.3. The Bertz CT molecular complexity index is 951. The maximum absolute atomic E-state index is 12.5. The number of hydrogen-bond acceptors (Lipinski definition) is 11. The van der Waals surface area contributed by atoms with Gasteiger partial charge >= 0.3 is 16.8 Å². The fourth-order valence-electron chi connectivity index (χ4n) is 2.71. The molecule has 0 aliphatic carbocycles. The van der Waals surface area contributed by atoms with Crippen molar-refractivity contribution in [3.05, 3.63) is 15.9 Å². The molecule has 0 saturated carbocycles. The molecule has 140 valence electrons. The van der Waals surface area contributed by atoms with Crippen LogP contribution in [0.15, 0.2) is 11.0 Å². The van der Waals surface area contributed by atoms with E-state index in [1.807, 2.05) is 0 Å². The first-order valence-electron chi connectivity index (χ1n) is 8.68. The van der Waals surface area contributed by atoms with Gasteiger partial charge in [-0.1, -0.05) is 11.3 Å². The lowest BCUT2D eigenvalue weighted by atomic mass is 10.1. The molecule has 0 bridgehead atoms. The van der Waals surface area contributed by atoms with Crippen molar-refractivity contribution in [2.24, 2.45) is 0 Å². The Balaban J connectivity index is 2.08. The molecule has 1 fully saturated rings. The molecule has 12 heteroatoms. The number of anilines is 1. The highest BCUT2D eigenvalue weighted by Crippen LogP contribution is 2.35. The van der Waals surface area contributed by atoms with Gasteiger partial charge in [0.1, 0.15) is 6.10 Å². The number of esters is 2. The van der Waals surface area contributed by atoms with E-state index in [1.54, 1.807) is 0 Å². The van der Waals surface area contributed by atoms with Crippen LogP contribution in [0.2, 0.25) is 0 Å². The van der Waals surface area contributed by atoms with Crippen molar-refractivity contribution >= 4 is 39.6 Å². The number of rotatable bonds is 4. The number of aliphatic hydroxyl groups excluding tert-OH is 1. The molecule has 4 atom stereocenters. The summed E-state index contributed by atoms with van der Waals surface area (Å²) >= 11 is 0.799. The standard InChI is InChI=1S/C14H16N4O7S/c1-5(20)23-9-7(4-19)25-12(10(9)24-6(2)21)18-11-8(26-14(18)22)3-16-13(15)17-11/h3,7,9-10,12,19H,4H2,1-2H3,(H2,15,16,17)/t7-,9-,10-,12?/m1/s1/i1D,2D. The van der Waals surface area contributed by atoms with Gasteiger partial charge in [-0.3, -0.25) is 19.0 Å². The van der Waals surface area contributed by atoms with Crippen LogP contribution in [0.5, 0.6) is 0 Å². The van der Waals surface area contributed by atoms with E-state index in [0.29, 0.717) is 4.70 Å². The van der Waals surface area contributed by atoms with Crippen LogP contribution in [0.25, 0.3) is 10.3 Å². The monoisotopic (exact) mass is 386 g/mol. The highest BCUT2D eigenvalue weighted by molar-refractivity contribution is 7.16. The van der Waals surface area contributed by atoms with Crippen LogP contribution in [-0.2, 0) is 23.8 Å². The van der Waals surface area contributed by atoms with Crippen LogP contribution in [0.4, 0.5) is 5.95 Å². The van der Waals surface area contributed by atoms with Gasteiger partial charge in [0, 0.05) is 16.5 Å². The smallest absolute Gasteiger partial charge is 0.311 e. The number of carbonyl (C=O) groups is 2. The maximum atomic E-state index is 12.5. The number of nitrogen functional groups attached to an aromatic ring is 1. The average Bonchev–Trinajstić information content (AvgIpc) is 3.17. The van der Waals surface area contributed by atoms with Crippen LogP contribution < -0.4 is 10.6 Å². The van der Waals surface area contributed by atoms with E-state index in [2.05, 4.69) is 9.97 Å². The molecule has 0 radical (unpaired) electrons.